The maximum Gasteiger partial charge on any atom is 0.130 e. The van der Waals surface area contributed by atoms with Gasteiger partial charge in [0.2, 0.25) is 0 Å². The van der Waals surface area contributed by atoms with E-state index in [1.165, 1.54) is 18.2 Å². The first-order valence-corrected chi connectivity index (χ1v) is 8.70. The molecule has 2 aromatic carbocycles. The zero-order valence-electron chi connectivity index (χ0n) is 15.4. The van der Waals surface area contributed by atoms with E-state index >= 15 is 0 Å². The van der Waals surface area contributed by atoms with Crippen LogP contribution in [-0.2, 0) is 0 Å². The Morgan fingerprint density at radius 1 is 0.923 bits per heavy atom. The molecule has 3 nitrogen and oxygen atoms in total. The van der Waals surface area contributed by atoms with Crippen LogP contribution in [0.3, 0.4) is 0 Å². The minimum absolute atomic E-state index is 0.0569. The lowest BCUT2D eigenvalue weighted by Gasteiger charge is -2.22. The number of benzene rings is 2. The van der Waals surface area contributed by atoms with Crippen molar-refractivity contribution in [3.8, 4) is 5.69 Å². The molecule has 1 aromatic heterocycles. The highest BCUT2D eigenvalue weighted by Crippen LogP contribution is 2.24. The second-order valence-electron chi connectivity index (χ2n) is 6.68. The van der Waals surface area contributed by atoms with Crippen molar-refractivity contribution in [2.75, 3.05) is 0 Å². The Bertz CT molecular complexity index is 880. The molecule has 0 unspecified atom stereocenters. The fourth-order valence-electron chi connectivity index (χ4n) is 3.27. The minimum Gasteiger partial charge on any atom is -0.303 e. The molecule has 0 fully saturated rings. The van der Waals surface area contributed by atoms with Crippen LogP contribution in [0.2, 0.25) is 0 Å². The molecule has 0 spiro atoms. The number of halogens is 2. The van der Waals surface area contributed by atoms with Crippen LogP contribution in [-0.4, -0.2) is 9.78 Å². The highest BCUT2D eigenvalue weighted by molar-refractivity contribution is 5.37. The number of rotatable bonds is 5. The van der Waals surface area contributed by atoms with E-state index in [-0.39, 0.29) is 11.6 Å². The lowest BCUT2D eigenvalue weighted by molar-refractivity contribution is 0.450. The van der Waals surface area contributed by atoms with Crippen LogP contribution in [0.4, 0.5) is 8.78 Å². The lowest BCUT2D eigenvalue weighted by atomic mass is 10.0. The van der Waals surface area contributed by atoms with Crippen molar-refractivity contribution in [1.29, 1.82) is 0 Å². The van der Waals surface area contributed by atoms with E-state index in [9.17, 15) is 8.78 Å². The van der Waals surface area contributed by atoms with Gasteiger partial charge in [-0.1, -0.05) is 18.2 Å². The second kappa shape index (κ2) is 7.38. The van der Waals surface area contributed by atoms with Gasteiger partial charge in [0.1, 0.15) is 11.6 Å². The second-order valence-corrected chi connectivity index (χ2v) is 6.68. The van der Waals surface area contributed by atoms with Crippen molar-refractivity contribution in [3.05, 3.63) is 82.7 Å². The number of aryl methyl sites for hydroxylation is 2. The van der Waals surface area contributed by atoms with Crippen molar-refractivity contribution in [1.82, 2.24) is 15.1 Å². The predicted octanol–water partition coefficient (Wildman–Crippen LogP) is 5.18. The number of hydrogen-bond acceptors (Lipinski definition) is 2. The van der Waals surface area contributed by atoms with E-state index in [0.29, 0.717) is 0 Å². The molecule has 2 atom stereocenters. The van der Waals surface area contributed by atoms with Gasteiger partial charge in [-0.2, -0.15) is 5.10 Å². The van der Waals surface area contributed by atoms with Gasteiger partial charge in [0.25, 0.3) is 0 Å². The fraction of sp³-hybridized carbons (Fsp3) is 0.286. The van der Waals surface area contributed by atoms with Crippen molar-refractivity contribution in [3.63, 3.8) is 0 Å². The normalized spacial score (nSPS) is 13.6. The predicted molar refractivity (Wildman–Crippen MR) is 99.4 cm³/mol. The number of aromatic nitrogens is 2. The van der Waals surface area contributed by atoms with E-state index in [2.05, 4.69) is 10.4 Å². The molecule has 3 rings (SSSR count). The molecule has 0 saturated heterocycles. The minimum atomic E-state index is -0.530. The fourth-order valence-corrected chi connectivity index (χ4v) is 3.27. The molecule has 0 radical (unpaired) electrons. The molecule has 1 heterocycles. The van der Waals surface area contributed by atoms with Crippen LogP contribution < -0.4 is 5.32 Å². The molecule has 5 heteroatoms. The standard InChI is InChI=1S/C21H23F2N3/c1-13-12-14(2)26(25-13)18-10-8-17(9-11-18)15(3)24-16(4)21-19(22)6-5-7-20(21)23/h5-12,15-16,24H,1-4H3/t15-,16-/m0/s1. The number of hydrogen-bond donors (Lipinski definition) is 1. The monoisotopic (exact) mass is 355 g/mol. The van der Waals surface area contributed by atoms with Gasteiger partial charge in [-0.25, -0.2) is 13.5 Å². The molecule has 136 valence electrons. The Labute approximate surface area is 152 Å². The largest absolute Gasteiger partial charge is 0.303 e. The van der Waals surface area contributed by atoms with Crippen molar-refractivity contribution in [2.45, 2.75) is 39.8 Å². The summed E-state index contributed by atoms with van der Waals surface area (Å²) >= 11 is 0. The first kappa shape index (κ1) is 18.3. The maximum atomic E-state index is 13.9. The zero-order chi connectivity index (χ0) is 18.8. The molecule has 0 bridgehead atoms. The summed E-state index contributed by atoms with van der Waals surface area (Å²) in [6.45, 7) is 7.73. The smallest absolute Gasteiger partial charge is 0.130 e. The summed E-state index contributed by atoms with van der Waals surface area (Å²) in [6.07, 6.45) is 0. The molecule has 26 heavy (non-hydrogen) atoms. The first-order valence-electron chi connectivity index (χ1n) is 8.70. The molecular formula is C21H23F2N3. The SMILES string of the molecule is Cc1cc(C)n(-c2ccc([C@H](C)N[C@@H](C)c3c(F)cccc3F)cc2)n1. The van der Waals surface area contributed by atoms with E-state index in [1.54, 1.807) is 6.92 Å². The van der Waals surface area contributed by atoms with E-state index in [4.69, 9.17) is 0 Å². The van der Waals surface area contributed by atoms with Gasteiger partial charge in [-0.15, -0.1) is 0 Å². The first-order chi connectivity index (χ1) is 12.4. The summed E-state index contributed by atoms with van der Waals surface area (Å²) < 4.78 is 29.8. The zero-order valence-corrected chi connectivity index (χ0v) is 15.4. The topological polar surface area (TPSA) is 29.9 Å². The van der Waals surface area contributed by atoms with Gasteiger partial charge in [0.15, 0.2) is 0 Å². The number of nitrogens with one attached hydrogen (secondary N) is 1. The van der Waals surface area contributed by atoms with Crippen LogP contribution >= 0.6 is 0 Å². The van der Waals surface area contributed by atoms with Crippen molar-refractivity contribution in [2.24, 2.45) is 0 Å². The third kappa shape index (κ3) is 3.68. The third-order valence-electron chi connectivity index (χ3n) is 4.58. The molecule has 0 aliphatic carbocycles. The summed E-state index contributed by atoms with van der Waals surface area (Å²) in [4.78, 5) is 0. The van der Waals surface area contributed by atoms with Crippen LogP contribution in [0.25, 0.3) is 5.69 Å². The Morgan fingerprint density at radius 3 is 2.08 bits per heavy atom. The Kier molecular flexibility index (Phi) is 5.18. The van der Waals surface area contributed by atoms with Gasteiger partial charge >= 0.3 is 0 Å². The molecule has 0 amide bonds. The summed E-state index contributed by atoms with van der Waals surface area (Å²) in [7, 11) is 0. The Hall–Kier alpha value is -2.53. The van der Waals surface area contributed by atoms with Gasteiger partial charge in [-0.05, 0) is 63.6 Å². The average Bonchev–Trinajstić information content (AvgIpc) is 2.93. The van der Waals surface area contributed by atoms with E-state index < -0.39 is 17.7 Å². The molecule has 0 saturated carbocycles. The van der Waals surface area contributed by atoms with Crippen molar-refractivity contribution >= 4 is 0 Å². The summed E-state index contributed by atoms with van der Waals surface area (Å²) in [6, 6.07) is 13.5. The van der Waals surface area contributed by atoms with Crippen LogP contribution in [0.15, 0.2) is 48.5 Å². The Balaban J connectivity index is 1.76. The van der Waals surface area contributed by atoms with Crippen LogP contribution in [0, 0.1) is 25.5 Å². The Morgan fingerprint density at radius 2 is 1.54 bits per heavy atom. The molecule has 1 N–H and O–H groups in total. The highest BCUT2D eigenvalue weighted by Gasteiger charge is 2.18. The molecular weight excluding hydrogens is 332 g/mol. The molecule has 3 aromatic rings. The number of nitrogens with zero attached hydrogens (tertiary/aromatic N) is 2. The van der Waals surface area contributed by atoms with Gasteiger partial charge in [-0.3, -0.25) is 0 Å². The van der Waals surface area contributed by atoms with Gasteiger partial charge < -0.3 is 5.32 Å². The lowest BCUT2D eigenvalue weighted by Crippen LogP contribution is -2.24. The average molecular weight is 355 g/mol. The maximum absolute atomic E-state index is 13.9. The highest BCUT2D eigenvalue weighted by atomic mass is 19.1. The molecule has 0 aliphatic heterocycles. The third-order valence-corrected chi connectivity index (χ3v) is 4.58. The van der Waals surface area contributed by atoms with Crippen LogP contribution in [0.1, 0.15) is 48.4 Å². The van der Waals surface area contributed by atoms with Crippen LogP contribution in [0.5, 0.6) is 0 Å². The van der Waals surface area contributed by atoms with E-state index in [1.807, 2.05) is 55.8 Å². The van der Waals surface area contributed by atoms with Gasteiger partial charge in [0, 0.05) is 23.3 Å². The summed E-state index contributed by atoms with van der Waals surface area (Å²) in [5.74, 6) is -1.06. The van der Waals surface area contributed by atoms with E-state index in [0.717, 1.165) is 22.6 Å². The summed E-state index contributed by atoms with van der Waals surface area (Å²) in [5.41, 5.74) is 4.14. The van der Waals surface area contributed by atoms with Crippen molar-refractivity contribution < 1.29 is 8.78 Å². The quantitative estimate of drug-likeness (QED) is 0.683. The summed E-state index contributed by atoms with van der Waals surface area (Å²) in [5, 5.41) is 7.75. The molecule has 0 aliphatic rings. The van der Waals surface area contributed by atoms with Gasteiger partial charge in [0.05, 0.1) is 11.4 Å².